The molecule has 0 atom stereocenters. The van der Waals surface area contributed by atoms with Crippen molar-refractivity contribution >= 4 is 17.8 Å². The fourth-order valence-electron chi connectivity index (χ4n) is 1.20. The van der Waals surface area contributed by atoms with Gasteiger partial charge in [0.25, 0.3) is 0 Å². The number of carboxylic acid groups (broad SMARTS) is 1. The summed E-state index contributed by atoms with van der Waals surface area (Å²) in [4.78, 5) is 23.1. The van der Waals surface area contributed by atoms with Gasteiger partial charge in [-0.3, -0.25) is 4.79 Å². The number of carbonyl (C=O) groups is 2. The summed E-state index contributed by atoms with van der Waals surface area (Å²) in [5, 5.41) is 16.1. The molecule has 0 radical (unpaired) electrons. The van der Waals surface area contributed by atoms with Crippen molar-refractivity contribution in [3.8, 4) is 12.3 Å². The Morgan fingerprint density at radius 2 is 2.22 bits per heavy atom. The molecule has 0 aliphatic rings. The van der Waals surface area contributed by atoms with Crippen molar-refractivity contribution in [2.75, 3.05) is 25.1 Å². The molecule has 0 bridgehead atoms. The Hall–Kier alpha value is -2.62. The van der Waals surface area contributed by atoms with Crippen molar-refractivity contribution in [1.82, 2.24) is 10.2 Å². The monoisotopic (exact) mass is 249 g/mol. The van der Waals surface area contributed by atoms with Gasteiger partial charge in [0, 0.05) is 0 Å². The molecule has 0 fully saturated rings. The quantitative estimate of drug-likeness (QED) is 0.570. The lowest BCUT2D eigenvalue weighted by Gasteiger charge is -2.17. The number of methoxy groups -OCH3 is 1. The highest BCUT2D eigenvalue weighted by Crippen LogP contribution is 2.09. The lowest BCUT2D eigenvalue weighted by atomic mass is 10.3. The second-order valence-corrected chi connectivity index (χ2v) is 3.22. The Morgan fingerprint density at radius 1 is 1.50 bits per heavy atom. The molecule has 7 nitrogen and oxygen atoms in total. The van der Waals surface area contributed by atoms with E-state index in [0.717, 1.165) is 0 Å². The summed E-state index contributed by atoms with van der Waals surface area (Å²) in [6.07, 6.45) is 5.14. The Labute approximate surface area is 103 Å². The number of carboxylic acids is 1. The summed E-state index contributed by atoms with van der Waals surface area (Å²) in [5.74, 6) is 0.951. The topological polar surface area (TPSA) is 92.6 Å². The van der Waals surface area contributed by atoms with E-state index in [1.54, 1.807) is 0 Å². The highest BCUT2D eigenvalue weighted by molar-refractivity contribution is 5.87. The lowest BCUT2D eigenvalue weighted by Crippen LogP contribution is -2.31. The summed E-state index contributed by atoms with van der Waals surface area (Å²) in [6.45, 7) is -0.213. The summed E-state index contributed by atoms with van der Waals surface area (Å²) in [6, 6.07) is 2.85. The molecular formula is C11H11N3O4. The second kappa shape index (κ2) is 6.20. The van der Waals surface area contributed by atoms with Crippen LogP contribution in [0.5, 0.6) is 0 Å². The van der Waals surface area contributed by atoms with E-state index >= 15 is 0 Å². The molecule has 1 rings (SSSR count). The molecule has 0 aromatic carbocycles. The third-order valence-electron chi connectivity index (χ3n) is 1.98. The molecule has 1 aromatic heterocycles. The zero-order valence-electron chi connectivity index (χ0n) is 9.66. The number of nitrogens with zero attached hydrogens (tertiary/aromatic N) is 3. The van der Waals surface area contributed by atoms with Gasteiger partial charge in [0.05, 0.1) is 13.7 Å². The number of ether oxygens (including phenoxy) is 1. The normalized spacial score (nSPS) is 9.33. The Morgan fingerprint density at radius 3 is 2.67 bits per heavy atom. The van der Waals surface area contributed by atoms with Gasteiger partial charge in [-0.2, -0.15) is 0 Å². The van der Waals surface area contributed by atoms with Gasteiger partial charge < -0.3 is 14.7 Å². The van der Waals surface area contributed by atoms with Gasteiger partial charge in [0.2, 0.25) is 0 Å². The van der Waals surface area contributed by atoms with Crippen LogP contribution in [0.1, 0.15) is 10.5 Å². The molecule has 0 amide bonds. The highest BCUT2D eigenvalue weighted by Gasteiger charge is 2.13. The average molecular weight is 249 g/mol. The SMILES string of the molecule is C#CCN(CC(=O)O)c1ccc(C(=O)OC)nn1. The molecule has 1 N–H and O–H groups in total. The maximum Gasteiger partial charge on any atom is 0.358 e. The first kappa shape index (κ1) is 13.4. The molecule has 0 saturated carbocycles. The minimum absolute atomic E-state index is 0.0391. The number of esters is 1. The van der Waals surface area contributed by atoms with Crippen molar-refractivity contribution < 1.29 is 19.4 Å². The van der Waals surface area contributed by atoms with Crippen LogP contribution in [0.25, 0.3) is 0 Å². The van der Waals surface area contributed by atoms with Crippen LogP contribution in [0.4, 0.5) is 5.82 Å². The van der Waals surface area contributed by atoms with Gasteiger partial charge >= 0.3 is 11.9 Å². The first-order valence-electron chi connectivity index (χ1n) is 4.90. The van der Waals surface area contributed by atoms with E-state index in [1.807, 2.05) is 0 Å². The number of hydrogen-bond acceptors (Lipinski definition) is 6. The zero-order valence-corrected chi connectivity index (χ0v) is 9.66. The van der Waals surface area contributed by atoms with Crippen LogP contribution in [0.2, 0.25) is 0 Å². The molecule has 18 heavy (non-hydrogen) atoms. The van der Waals surface area contributed by atoms with Gasteiger partial charge in [-0.05, 0) is 12.1 Å². The van der Waals surface area contributed by atoms with Crippen molar-refractivity contribution in [3.05, 3.63) is 17.8 Å². The number of rotatable bonds is 5. The number of aliphatic carboxylic acids is 1. The van der Waals surface area contributed by atoms with E-state index in [9.17, 15) is 9.59 Å². The third kappa shape index (κ3) is 3.45. The van der Waals surface area contributed by atoms with E-state index in [-0.39, 0.29) is 24.6 Å². The van der Waals surface area contributed by atoms with Crippen LogP contribution < -0.4 is 4.90 Å². The van der Waals surface area contributed by atoms with Gasteiger partial charge in [-0.25, -0.2) is 4.79 Å². The van der Waals surface area contributed by atoms with E-state index in [4.69, 9.17) is 11.5 Å². The highest BCUT2D eigenvalue weighted by atomic mass is 16.5. The summed E-state index contributed by atoms with van der Waals surface area (Å²) >= 11 is 0. The lowest BCUT2D eigenvalue weighted by molar-refractivity contribution is -0.135. The van der Waals surface area contributed by atoms with Crippen molar-refractivity contribution in [1.29, 1.82) is 0 Å². The summed E-state index contributed by atoms with van der Waals surface area (Å²) in [5.41, 5.74) is 0.0391. The number of carbonyl (C=O) groups excluding carboxylic acids is 1. The van der Waals surface area contributed by atoms with Gasteiger partial charge in [-0.15, -0.1) is 16.6 Å². The number of hydrogen-bond donors (Lipinski definition) is 1. The van der Waals surface area contributed by atoms with Crippen molar-refractivity contribution in [2.24, 2.45) is 0 Å². The molecule has 1 heterocycles. The van der Waals surface area contributed by atoms with E-state index in [2.05, 4.69) is 20.9 Å². The smallest absolute Gasteiger partial charge is 0.358 e. The summed E-state index contributed by atoms with van der Waals surface area (Å²) in [7, 11) is 1.23. The molecular weight excluding hydrogens is 238 g/mol. The standard InChI is InChI=1S/C11H11N3O4/c1-3-6-14(7-10(15)16)9-5-4-8(12-13-9)11(17)18-2/h1,4-5H,6-7H2,2H3,(H,15,16). The average Bonchev–Trinajstić information content (AvgIpc) is 2.37. The molecule has 0 spiro atoms. The minimum Gasteiger partial charge on any atom is -0.480 e. The van der Waals surface area contributed by atoms with E-state index in [1.165, 1.54) is 24.1 Å². The Balaban J connectivity index is 2.90. The predicted molar refractivity (Wildman–Crippen MR) is 62.1 cm³/mol. The number of aromatic nitrogens is 2. The molecule has 0 aliphatic heterocycles. The fourth-order valence-corrected chi connectivity index (χ4v) is 1.20. The van der Waals surface area contributed by atoms with Crippen LogP contribution in [-0.4, -0.2) is 47.4 Å². The largest absolute Gasteiger partial charge is 0.480 e. The molecule has 7 heteroatoms. The van der Waals surface area contributed by atoms with Gasteiger partial charge in [0.15, 0.2) is 11.5 Å². The van der Waals surface area contributed by atoms with E-state index in [0.29, 0.717) is 0 Å². The predicted octanol–water partition coefficient (Wildman–Crippen LogP) is -0.213. The van der Waals surface area contributed by atoms with Crippen LogP contribution in [0.3, 0.4) is 0 Å². The van der Waals surface area contributed by atoms with Crippen LogP contribution in [0.15, 0.2) is 12.1 Å². The van der Waals surface area contributed by atoms with Crippen LogP contribution in [0, 0.1) is 12.3 Å². The van der Waals surface area contributed by atoms with Crippen molar-refractivity contribution in [2.45, 2.75) is 0 Å². The number of terminal acetylenes is 1. The van der Waals surface area contributed by atoms with E-state index < -0.39 is 11.9 Å². The minimum atomic E-state index is -1.04. The maximum atomic E-state index is 11.1. The first-order valence-corrected chi connectivity index (χ1v) is 4.90. The Kier molecular flexibility index (Phi) is 4.63. The molecule has 0 saturated heterocycles. The first-order chi connectivity index (χ1) is 8.58. The van der Waals surface area contributed by atoms with Crippen LogP contribution >= 0.6 is 0 Å². The molecule has 0 aliphatic carbocycles. The van der Waals surface area contributed by atoms with Crippen LogP contribution in [-0.2, 0) is 9.53 Å². The Bertz CT molecular complexity index is 478. The summed E-state index contributed by atoms with van der Waals surface area (Å²) < 4.78 is 4.47. The molecule has 94 valence electrons. The zero-order chi connectivity index (χ0) is 13.5. The van der Waals surface area contributed by atoms with Gasteiger partial charge in [-0.1, -0.05) is 5.92 Å². The van der Waals surface area contributed by atoms with Gasteiger partial charge in [0.1, 0.15) is 6.54 Å². The van der Waals surface area contributed by atoms with Crippen molar-refractivity contribution in [3.63, 3.8) is 0 Å². The molecule has 1 aromatic rings. The second-order valence-electron chi connectivity index (χ2n) is 3.22. The fraction of sp³-hybridized carbons (Fsp3) is 0.273. The number of anilines is 1. The third-order valence-corrected chi connectivity index (χ3v) is 1.98. The molecule has 0 unspecified atom stereocenters. The maximum absolute atomic E-state index is 11.1.